The lowest BCUT2D eigenvalue weighted by molar-refractivity contribution is 0.114. The molecule has 2 unspecified atom stereocenters. The number of hydrogen-bond acceptors (Lipinski definition) is 8. The van der Waals surface area contributed by atoms with Crippen molar-refractivity contribution in [1.82, 2.24) is 0 Å². The summed E-state index contributed by atoms with van der Waals surface area (Å²) < 4.78 is 33.3. The molecule has 0 bridgehead atoms. The molecule has 4 N–H and O–H groups in total. The van der Waals surface area contributed by atoms with E-state index in [2.05, 4.69) is 13.8 Å². The summed E-state index contributed by atoms with van der Waals surface area (Å²) in [6.45, 7) is 4.86. The van der Waals surface area contributed by atoms with Crippen LogP contribution in [0.25, 0.3) is 0 Å². The third-order valence-corrected chi connectivity index (χ3v) is 12.5. The Morgan fingerprint density at radius 3 is 1.17 bits per heavy atom. The van der Waals surface area contributed by atoms with Crippen LogP contribution in [-0.2, 0) is 26.6 Å². The normalized spacial score (nSPS) is 17.0. The Hall–Kier alpha value is 0.114. The molecular formula is C20H48N2O6Si2. The molecule has 8 nitrogen and oxygen atoms in total. The van der Waals surface area contributed by atoms with Crippen molar-refractivity contribution in [2.75, 3.05) is 49.2 Å². The average molecular weight is 469 g/mol. The molecule has 182 valence electrons. The molecule has 0 aliphatic heterocycles. The summed E-state index contributed by atoms with van der Waals surface area (Å²) in [6.07, 6.45) is 5.78. The lowest BCUT2D eigenvalue weighted by Gasteiger charge is -2.43. The van der Waals surface area contributed by atoms with E-state index in [0.29, 0.717) is 18.4 Å². The van der Waals surface area contributed by atoms with Crippen LogP contribution in [-0.4, -0.2) is 72.4 Å². The summed E-state index contributed by atoms with van der Waals surface area (Å²) >= 11 is 0. The van der Waals surface area contributed by atoms with Crippen LogP contribution < -0.4 is 11.5 Å². The van der Waals surface area contributed by atoms with Gasteiger partial charge in [0.05, 0.1) is 0 Å². The van der Waals surface area contributed by atoms with Crippen LogP contribution in [0.4, 0.5) is 0 Å². The van der Waals surface area contributed by atoms with Gasteiger partial charge in [0.15, 0.2) is 0 Å². The van der Waals surface area contributed by atoms with Crippen molar-refractivity contribution in [1.29, 1.82) is 0 Å². The van der Waals surface area contributed by atoms with Gasteiger partial charge < -0.3 is 38.0 Å². The van der Waals surface area contributed by atoms with E-state index in [0.717, 1.165) is 50.6 Å². The van der Waals surface area contributed by atoms with E-state index in [9.17, 15) is 0 Å². The van der Waals surface area contributed by atoms with Crippen molar-refractivity contribution < 1.29 is 26.6 Å². The Morgan fingerprint density at radius 2 is 0.967 bits per heavy atom. The number of nitrogens with two attached hydrogens (primary N) is 2. The minimum Gasteiger partial charge on any atom is -0.377 e. The monoisotopic (exact) mass is 468 g/mol. The fraction of sp³-hybridized carbons (Fsp3) is 1.00. The van der Waals surface area contributed by atoms with Gasteiger partial charge in [-0.2, -0.15) is 0 Å². The van der Waals surface area contributed by atoms with E-state index in [-0.39, 0.29) is 0 Å². The van der Waals surface area contributed by atoms with Gasteiger partial charge in [0, 0.05) is 66.8 Å². The molecule has 0 aromatic carbocycles. The van der Waals surface area contributed by atoms with Gasteiger partial charge in [-0.25, -0.2) is 0 Å². The van der Waals surface area contributed by atoms with Gasteiger partial charge in [0.1, 0.15) is 0 Å². The molecular weight excluding hydrogens is 420 g/mol. The Kier molecular flexibility index (Phi) is 15.1. The lowest BCUT2D eigenvalue weighted by Crippen LogP contribution is -2.58. The van der Waals surface area contributed by atoms with Gasteiger partial charge >= 0.3 is 17.6 Å². The maximum atomic E-state index is 7.01. The van der Waals surface area contributed by atoms with Gasteiger partial charge in [0.25, 0.3) is 0 Å². The molecule has 0 saturated carbocycles. The van der Waals surface area contributed by atoms with E-state index in [1.54, 1.807) is 42.7 Å². The molecule has 10 heteroatoms. The first-order chi connectivity index (χ1) is 14.3. The summed E-state index contributed by atoms with van der Waals surface area (Å²) in [5.41, 5.74) is 12.9. The summed E-state index contributed by atoms with van der Waals surface area (Å²) in [7, 11) is 4.79. The minimum atomic E-state index is -2.57. The Morgan fingerprint density at radius 1 is 0.667 bits per heavy atom. The molecule has 0 aromatic heterocycles. The molecule has 2 atom stereocenters. The number of rotatable bonds is 19. The molecule has 0 fully saturated rings. The number of hydrogen-bond donors (Lipinski definition) is 2. The van der Waals surface area contributed by atoms with Gasteiger partial charge in [-0.1, -0.05) is 26.7 Å². The molecule has 0 saturated heterocycles. The van der Waals surface area contributed by atoms with Crippen molar-refractivity contribution in [2.45, 2.75) is 70.0 Å². The first-order valence-electron chi connectivity index (χ1n) is 11.1. The van der Waals surface area contributed by atoms with Gasteiger partial charge in [0.2, 0.25) is 0 Å². The largest absolute Gasteiger partial charge is 0.500 e. The molecule has 0 aliphatic rings. The smallest absolute Gasteiger partial charge is 0.377 e. The summed E-state index contributed by atoms with van der Waals surface area (Å²) in [5.74, 6) is 0.637. The van der Waals surface area contributed by atoms with Crippen molar-refractivity contribution in [3.63, 3.8) is 0 Å². The van der Waals surface area contributed by atoms with Crippen molar-refractivity contribution in [3.05, 3.63) is 0 Å². The molecule has 0 heterocycles. The second kappa shape index (κ2) is 15.0. The van der Waals surface area contributed by atoms with Crippen LogP contribution >= 0.6 is 0 Å². The SMILES string of the molecule is CCC(CCC[Si](OC)(OC)OC)C(N)(CN)C(CC)CCC[Si](OC)(OC)OC. The first kappa shape index (κ1) is 30.1. The highest BCUT2D eigenvalue weighted by atomic mass is 28.4. The molecule has 0 radical (unpaired) electrons. The van der Waals surface area contributed by atoms with Crippen molar-refractivity contribution in [3.8, 4) is 0 Å². The van der Waals surface area contributed by atoms with E-state index in [4.69, 9.17) is 38.0 Å². The van der Waals surface area contributed by atoms with Crippen LogP contribution in [0, 0.1) is 11.8 Å². The zero-order valence-corrected chi connectivity index (χ0v) is 22.6. The summed E-state index contributed by atoms with van der Waals surface area (Å²) in [5, 5.41) is 0. The third-order valence-electron chi connectivity index (χ3n) is 6.80. The fourth-order valence-electron chi connectivity index (χ4n) is 4.61. The fourth-order valence-corrected chi connectivity index (χ4v) is 8.11. The quantitative estimate of drug-likeness (QED) is 0.279. The summed E-state index contributed by atoms with van der Waals surface area (Å²) in [4.78, 5) is 0. The first-order valence-corrected chi connectivity index (χ1v) is 14.9. The van der Waals surface area contributed by atoms with Gasteiger partial charge in [-0.3, -0.25) is 0 Å². The Balaban J connectivity index is 5.13. The molecule has 0 aliphatic carbocycles. The highest BCUT2D eigenvalue weighted by Gasteiger charge is 2.42. The minimum absolute atomic E-state index is 0.319. The van der Waals surface area contributed by atoms with Crippen LogP contribution in [0.1, 0.15) is 52.4 Å². The Labute approximate surface area is 187 Å². The van der Waals surface area contributed by atoms with Crippen LogP contribution in [0.3, 0.4) is 0 Å². The van der Waals surface area contributed by atoms with E-state index in [1.165, 1.54) is 0 Å². The molecule has 0 aromatic rings. The highest BCUT2D eigenvalue weighted by molar-refractivity contribution is 6.60. The predicted octanol–water partition coefficient (Wildman–Crippen LogP) is 3.01. The third kappa shape index (κ3) is 7.91. The maximum absolute atomic E-state index is 7.01. The van der Waals surface area contributed by atoms with Crippen molar-refractivity contribution >= 4 is 17.6 Å². The predicted molar refractivity (Wildman–Crippen MR) is 125 cm³/mol. The lowest BCUT2D eigenvalue weighted by atomic mass is 9.69. The zero-order valence-electron chi connectivity index (χ0n) is 20.6. The molecule has 0 spiro atoms. The standard InChI is InChI=1S/C20H48N2O6Si2/c1-9-18(13-11-15-29(23-3,24-4)25-5)20(22,17-21)19(10-2)14-12-16-30(26-6,27-7)28-8/h18-19H,9-17,21-22H2,1-8H3. The van der Waals surface area contributed by atoms with E-state index < -0.39 is 23.1 Å². The van der Waals surface area contributed by atoms with Gasteiger partial charge in [-0.05, 0) is 37.5 Å². The second-order valence-electron chi connectivity index (χ2n) is 7.90. The van der Waals surface area contributed by atoms with E-state index >= 15 is 0 Å². The summed E-state index contributed by atoms with van der Waals surface area (Å²) in [6, 6.07) is 1.54. The van der Waals surface area contributed by atoms with Crippen LogP contribution in [0.5, 0.6) is 0 Å². The average Bonchev–Trinajstić information content (AvgIpc) is 2.80. The van der Waals surface area contributed by atoms with Crippen molar-refractivity contribution in [2.24, 2.45) is 23.3 Å². The zero-order chi connectivity index (χ0) is 23.3. The van der Waals surface area contributed by atoms with E-state index in [1.807, 2.05) is 0 Å². The highest BCUT2D eigenvalue weighted by Crippen LogP contribution is 2.36. The molecule has 0 rings (SSSR count). The topological polar surface area (TPSA) is 107 Å². The molecule has 0 amide bonds. The second-order valence-corrected chi connectivity index (χ2v) is 14.1. The Bertz CT molecular complexity index is 389. The molecule has 30 heavy (non-hydrogen) atoms. The van der Waals surface area contributed by atoms with Gasteiger partial charge in [-0.15, -0.1) is 0 Å². The maximum Gasteiger partial charge on any atom is 0.500 e. The van der Waals surface area contributed by atoms with Crippen LogP contribution in [0.2, 0.25) is 12.1 Å². The van der Waals surface area contributed by atoms with Crippen LogP contribution in [0.15, 0.2) is 0 Å².